The normalized spacial score (nSPS) is 14.1. The lowest BCUT2D eigenvalue weighted by molar-refractivity contribution is 0.0798. The highest BCUT2D eigenvalue weighted by Gasteiger charge is 2.18. The molecule has 1 aromatic carbocycles. The van der Waals surface area contributed by atoms with Crippen molar-refractivity contribution < 1.29 is 14.0 Å². The van der Waals surface area contributed by atoms with Gasteiger partial charge in [0.2, 0.25) is 0 Å². The molecule has 1 aromatic rings. The minimum atomic E-state index is -0.843. The predicted octanol–water partition coefficient (Wildman–Crippen LogP) is 0.937. The van der Waals surface area contributed by atoms with Crippen LogP contribution in [-0.2, 0) is 0 Å². The van der Waals surface area contributed by atoms with Crippen LogP contribution in [-0.4, -0.2) is 29.8 Å². The number of carbonyl (C=O) groups is 2. The smallest absolute Gasteiger partial charge is 0.254 e. The molecule has 0 fully saturated rings. The minimum Gasteiger partial charge on any atom is -0.366 e. The van der Waals surface area contributed by atoms with E-state index >= 15 is 0 Å². The van der Waals surface area contributed by atoms with E-state index in [-0.39, 0.29) is 17.0 Å². The zero-order chi connectivity index (χ0) is 12.4. The van der Waals surface area contributed by atoms with Gasteiger partial charge in [0.25, 0.3) is 11.8 Å². The molecule has 0 aliphatic carbocycles. The number of rotatable bonds is 2. The van der Waals surface area contributed by atoms with Crippen molar-refractivity contribution in [2.75, 3.05) is 13.1 Å². The van der Waals surface area contributed by atoms with Crippen molar-refractivity contribution in [3.8, 4) is 0 Å². The van der Waals surface area contributed by atoms with Crippen molar-refractivity contribution >= 4 is 11.8 Å². The van der Waals surface area contributed by atoms with Gasteiger partial charge in [-0.25, -0.2) is 4.39 Å². The lowest BCUT2D eigenvalue weighted by atomic mass is 10.1. The number of hydrogen-bond donors (Lipinski definition) is 1. The molecule has 1 aliphatic heterocycles. The Hall–Kier alpha value is -2.17. The molecule has 1 heterocycles. The van der Waals surface area contributed by atoms with Gasteiger partial charge in [-0.05, 0) is 18.2 Å². The number of benzene rings is 1. The number of nitrogens with zero attached hydrogens (tertiary/aromatic N) is 1. The molecule has 0 saturated carbocycles. The summed E-state index contributed by atoms with van der Waals surface area (Å²) in [7, 11) is 0. The van der Waals surface area contributed by atoms with E-state index in [9.17, 15) is 14.0 Å². The van der Waals surface area contributed by atoms with Gasteiger partial charge in [0.1, 0.15) is 5.82 Å². The molecule has 0 aromatic heterocycles. The Bertz CT molecular complexity index is 503. The van der Waals surface area contributed by atoms with Crippen LogP contribution in [0.1, 0.15) is 20.7 Å². The molecular formula is C12H11FN2O2. The van der Waals surface area contributed by atoms with Crippen molar-refractivity contribution in [3.05, 3.63) is 47.3 Å². The van der Waals surface area contributed by atoms with E-state index < -0.39 is 11.7 Å². The van der Waals surface area contributed by atoms with Crippen LogP contribution in [0.4, 0.5) is 4.39 Å². The minimum absolute atomic E-state index is 0.207. The second-order valence-electron chi connectivity index (χ2n) is 3.74. The van der Waals surface area contributed by atoms with Crippen molar-refractivity contribution in [1.29, 1.82) is 0 Å². The molecule has 0 atom stereocenters. The van der Waals surface area contributed by atoms with Crippen LogP contribution >= 0.6 is 0 Å². The Morgan fingerprint density at radius 2 is 1.88 bits per heavy atom. The SMILES string of the molecule is NC(=O)c1ccc(C(=O)N2CC=CC2)cc1F. The molecule has 5 heteroatoms. The van der Waals surface area contributed by atoms with Crippen LogP contribution in [0.15, 0.2) is 30.4 Å². The summed E-state index contributed by atoms with van der Waals surface area (Å²) in [6, 6.07) is 3.68. The Labute approximate surface area is 97.5 Å². The number of halogens is 1. The summed E-state index contributed by atoms with van der Waals surface area (Å²) in [6.45, 7) is 1.05. The van der Waals surface area contributed by atoms with Crippen LogP contribution in [0.3, 0.4) is 0 Å². The molecular weight excluding hydrogens is 223 g/mol. The van der Waals surface area contributed by atoms with Gasteiger partial charge in [-0.2, -0.15) is 0 Å². The maximum absolute atomic E-state index is 13.5. The zero-order valence-corrected chi connectivity index (χ0v) is 9.02. The molecule has 2 N–H and O–H groups in total. The second kappa shape index (κ2) is 4.37. The first-order chi connectivity index (χ1) is 8.09. The maximum atomic E-state index is 13.5. The van der Waals surface area contributed by atoms with Crippen LogP contribution in [0, 0.1) is 5.82 Å². The first-order valence-corrected chi connectivity index (χ1v) is 5.13. The quantitative estimate of drug-likeness (QED) is 0.774. The van der Waals surface area contributed by atoms with E-state index in [2.05, 4.69) is 0 Å². The number of hydrogen-bond acceptors (Lipinski definition) is 2. The van der Waals surface area contributed by atoms with E-state index in [0.29, 0.717) is 13.1 Å². The third-order valence-corrected chi connectivity index (χ3v) is 2.59. The molecule has 4 nitrogen and oxygen atoms in total. The van der Waals surface area contributed by atoms with Gasteiger partial charge in [-0.1, -0.05) is 12.2 Å². The maximum Gasteiger partial charge on any atom is 0.254 e. The summed E-state index contributed by atoms with van der Waals surface area (Å²) >= 11 is 0. The van der Waals surface area contributed by atoms with Gasteiger partial charge >= 0.3 is 0 Å². The van der Waals surface area contributed by atoms with Crippen molar-refractivity contribution in [3.63, 3.8) is 0 Å². The van der Waals surface area contributed by atoms with Gasteiger partial charge in [0.15, 0.2) is 0 Å². The molecule has 1 aliphatic rings. The summed E-state index contributed by atoms with van der Waals surface area (Å²) in [5.41, 5.74) is 4.99. The molecule has 0 saturated heterocycles. The van der Waals surface area contributed by atoms with Gasteiger partial charge in [0, 0.05) is 18.7 Å². The summed E-state index contributed by atoms with van der Waals surface area (Å²) in [5.74, 6) is -1.87. The van der Waals surface area contributed by atoms with Crippen LogP contribution < -0.4 is 5.73 Å². The molecule has 0 radical (unpaired) electrons. The Kier molecular flexibility index (Phi) is 2.91. The fraction of sp³-hybridized carbons (Fsp3) is 0.167. The fourth-order valence-corrected chi connectivity index (χ4v) is 1.67. The van der Waals surface area contributed by atoms with E-state index in [1.807, 2.05) is 12.2 Å². The first-order valence-electron chi connectivity index (χ1n) is 5.13. The van der Waals surface area contributed by atoms with Crippen molar-refractivity contribution in [2.45, 2.75) is 0 Å². The van der Waals surface area contributed by atoms with Crippen LogP contribution in [0.2, 0.25) is 0 Å². The largest absolute Gasteiger partial charge is 0.366 e. The zero-order valence-electron chi connectivity index (χ0n) is 9.02. The molecule has 0 bridgehead atoms. The van der Waals surface area contributed by atoms with Gasteiger partial charge in [-0.15, -0.1) is 0 Å². The van der Waals surface area contributed by atoms with E-state index in [1.165, 1.54) is 12.1 Å². The average molecular weight is 234 g/mol. The summed E-state index contributed by atoms with van der Waals surface area (Å²) in [6.07, 6.45) is 3.73. The third kappa shape index (κ3) is 2.18. The fourth-order valence-electron chi connectivity index (χ4n) is 1.67. The molecule has 0 spiro atoms. The third-order valence-electron chi connectivity index (χ3n) is 2.59. The predicted molar refractivity (Wildman–Crippen MR) is 60.0 cm³/mol. The number of nitrogens with two attached hydrogens (primary N) is 1. The topological polar surface area (TPSA) is 63.4 Å². The standard InChI is InChI=1S/C12H11FN2O2/c13-10-7-8(3-4-9(10)11(14)16)12(17)15-5-1-2-6-15/h1-4,7H,5-6H2,(H2,14,16). The number of carbonyl (C=O) groups excluding carboxylic acids is 2. The Morgan fingerprint density at radius 3 is 2.41 bits per heavy atom. The van der Waals surface area contributed by atoms with Crippen LogP contribution in [0.5, 0.6) is 0 Å². The highest BCUT2D eigenvalue weighted by atomic mass is 19.1. The molecule has 88 valence electrons. The lowest BCUT2D eigenvalue weighted by Gasteiger charge is -2.15. The number of amides is 2. The van der Waals surface area contributed by atoms with Crippen molar-refractivity contribution in [1.82, 2.24) is 4.90 Å². The highest BCUT2D eigenvalue weighted by molar-refractivity contribution is 5.97. The summed E-state index contributed by atoms with van der Waals surface area (Å²) in [4.78, 5) is 24.3. The summed E-state index contributed by atoms with van der Waals surface area (Å²) < 4.78 is 13.5. The molecule has 2 amide bonds. The van der Waals surface area contributed by atoms with Gasteiger partial charge in [0.05, 0.1) is 5.56 Å². The molecule has 0 unspecified atom stereocenters. The molecule has 17 heavy (non-hydrogen) atoms. The monoisotopic (exact) mass is 234 g/mol. The average Bonchev–Trinajstić information content (AvgIpc) is 2.80. The van der Waals surface area contributed by atoms with E-state index in [4.69, 9.17) is 5.73 Å². The van der Waals surface area contributed by atoms with Gasteiger partial charge in [-0.3, -0.25) is 9.59 Å². The Balaban J connectivity index is 2.25. The van der Waals surface area contributed by atoms with Crippen LogP contribution in [0.25, 0.3) is 0 Å². The van der Waals surface area contributed by atoms with E-state index in [1.54, 1.807) is 4.90 Å². The van der Waals surface area contributed by atoms with Crippen molar-refractivity contribution in [2.24, 2.45) is 5.73 Å². The second-order valence-corrected chi connectivity index (χ2v) is 3.74. The van der Waals surface area contributed by atoms with E-state index in [0.717, 1.165) is 6.07 Å². The van der Waals surface area contributed by atoms with Gasteiger partial charge < -0.3 is 10.6 Å². The number of primary amides is 1. The lowest BCUT2D eigenvalue weighted by Crippen LogP contribution is -2.28. The highest BCUT2D eigenvalue weighted by Crippen LogP contribution is 2.13. The first kappa shape index (κ1) is 11.3. The summed E-state index contributed by atoms with van der Waals surface area (Å²) in [5, 5.41) is 0. The Morgan fingerprint density at radius 1 is 1.24 bits per heavy atom. The molecule has 2 rings (SSSR count).